The molecule has 1 saturated heterocycles. The van der Waals surface area contributed by atoms with Crippen LogP contribution < -0.4 is 5.32 Å². The maximum Gasteiger partial charge on any atom is 0.154 e. The normalized spacial score (nSPS) is 24.9. The molecule has 1 rings (SSSR count). The predicted molar refractivity (Wildman–Crippen MR) is 63.8 cm³/mol. The molecule has 1 aliphatic rings. The zero-order valence-electron chi connectivity index (χ0n) is 9.83. The lowest BCUT2D eigenvalue weighted by molar-refractivity contribution is 0.446. The van der Waals surface area contributed by atoms with Gasteiger partial charge < -0.3 is 5.32 Å². The van der Waals surface area contributed by atoms with E-state index in [1.807, 2.05) is 0 Å². The van der Waals surface area contributed by atoms with Crippen molar-refractivity contribution in [3.8, 4) is 0 Å². The van der Waals surface area contributed by atoms with Crippen molar-refractivity contribution in [1.29, 1.82) is 0 Å². The molecule has 0 spiro atoms. The summed E-state index contributed by atoms with van der Waals surface area (Å²) in [6, 6.07) is 0. The third kappa shape index (κ3) is 3.76. The average Bonchev–Trinajstić information content (AvgIpc) is 2.53. The molecular formula is C11H23NO2S. The van der Waals surface area contributed by atoms with Crippen molar-refractivity contribution in [3.05, 3.63) is 0 Å². The molecule has 3 nitrogen and oxygen atoms in total. The first-order valence-corrected chi connectivity index (χ1v) is 7.74. The predicted octanol–water partition coefficient (Wildman–Crippen LogP) is 1.59. The van der Waals surface area contributed by atoms with Crippen LogP contribution >= 0.6 is 0 Å². The number of rotatable bonds is 6. The minimum absolute atomic E-state index is 0.119. The van der Waals surface area contributed by atoms with Crippen LogP contribution in [0.4, 0.5) is 0 Å². The summed E-state index contributed by atoms with van der Waals surface area (Å²) < 4.78 is 23.1. The molecule has 0 amide bonds. The van der Waals surface area contributed by atoms with Crippen LogP contribution in [0.25, 0.3) is 0 Å². The molecule has 0 aromatic carbocycles. The molecule has 0 saturated carbocycles. The first-order valence-electron chi connectivity index (χ1n) is 6.02. The van der Waals surface area contributed by atoms with Gasteiger partial charge in [0.15, 0.2) is 9.84 Å². The van der Waals surface area contributed by atoms with Gasteiger partial charge in [0, 0.05) is 6.54 Å². The Labute approximate surface area is 93.6 Å². The van der Waals surface area contributed by atoms with Crippen molar-refractivity contribution in [2.24, 2.45) is 5.92 Å². The summed E-state index contributed by atoms with van der Waals surface area (Å²) in [6.07, 6.45) is 4.03. The molecule has 0 aromatic heterocycles. The van der Waals surface area contributed by atoms with Crippen molar-refractivity contribution >= 4 is 9.84 Å². The highest BCUT2D eigenvalue weighted by Gasteiger charge is 2.30. The Kier molecular flexibility index (Phi) is 5.06. The molecule has 0 bridgehead atoms. The second kappa shape index (κ2) is 5.85. The lowest BCUT2D eigenvalue weighted by Gasteiger charge is -2.15. The zero-order chi connectivity index (χ0) is 11.3. The summed E-state index contributed by atoms with van der Waals surface area (Å²) in [5.41, 5.74) is 0. The van der Waals surface area contributed by atoms with Crippen LogP contribution in [0.2, 0.25) is 0 Å². The highest BCUT2D eigenvalue weighted by molar-refractivity contribution is 7.92. The Morgan fingerprint density at radius 3 is 2.47 bits per heavy atom. The van der Waals surface area contributed by atoms with Gasteiger partial charge in [-0.2, -0.15) is 0 Å². The highest BCUT2D eigenvalue weighted by Crippen LogP contribution is 2.19. The van der Waals surface area contributed by atoms with E-state index in [9.17, 15) is 8.42 Å². The van der Waals surface area contributed by atoms with Crippen LogP contribution in [-0.2, 0) is 9.84 Å². The van der Waals surface area contributed by atoms with Gasteiger partial charge in [0.1, 0.15) is 0 Å². The van der Waals surface area contributed by atoms with Crippen LogP contribution in [0.3, 0.4) is 0 Å². The summed E-state index contributed by atoms with van der Waals surface area (Å²) >= 11 is 0. The van der Waals surface area contributed by atoms with E-state index >= 15 is 0 Å². The Bertz CT molecular complexity index is 270. The fourth-order valence-electron chi connectivity index (χ4n) is 2.11. The van der Waals surface area contributed by atoms with Gasteiger partial charge in [0.2, 0.25) is 0 Å². The van der Waals surface area contributed by atoms with Gasteiger partial charge in [-0.25, -0.2) is 8.42 Å². The number of hydrogen-bond acceptors (Lipinski definition) is 3. The van der Waals surface area contributed by atoms with E-state index in [1.54, 1.807) is 0 Å². The molecule has 4 heteroatoms. The van der Waals surface area contributed by atoms with Crippen LogP contribution in [0.5, 0.6) is 0 Å². The monoisotopic (exact) mass is 233 g/mol. The molecule has 90 valence electrons. The van der Waals surface area contributed by atoms with E-state index in [-0.39, 0.29) is 5.25 Å². The Morgan fingerprint density at radius 2 is 2.00 bits per heavy atom. The first kappa shape index (κ1) is 13.0. The van der Waals surface area contributed by atoms with E-state index in [4.69, 9.17) is 0 Å². The fourth-order valence-corrected chi connectivity index (χ4v) is 3.91. The molecule has 1 fully saturated rings. The lowest BCUT2D eigenvalue weighted by atomic mass is 10.0. The molecule has 1 aliphatic heterocycles. The van der Waals surface area contributed by atoms with Crippen molar-refractivity contribution in [2.75, 3.05) is 18.8 Å². The summed E-state index contributed by atoms with van der Waals surface area (Å²) in [4.78, 5) is 0. The molecule has 1 atom stereocenters. The van der Waals surface area contributed by atoms with Crippen molar-refractivity contribution < 1.29 is 8.42 Å². The van der Waals surface area contributed by atoms with Gasteiger partial charge >= 0.3 is 0 Å². The van der Waals surface area contributed by atoms with Gasteiger partial charge in [-0.05, 0) is 25.3 Å². The molecular weight excluding hydrogens is 210 g/mol. The van der Waals surface area contributed by atoms with E-state index in [0.29, 0.717) is 18.2 Å². The van der Waals surface area contributed by atoms with Crippen molar-refractivity contribution in [2.45, 2.75) is 44.8 Å². The number of nitrogens with one attached hydrogen (secondary N) is 1. The summed E-state index contributed by atoms with van der Waals surface area (Å²) in [7, 11) is -2.76. The maximum atomic E-state index is 11.5. The van der Waals surface area contributed by atoms with Crippen molar-refractivity contribution in [1.82, 2.24) is 5.32 Å². The molecule has 0 aliphatic carbocycles. The van der Waals surface area contributed by atoms with Crippen LogP contribution in [0.15, 0.2) is 0 Å². The minimum Gasteiger partial charge on any atom is -0.315 e. The lowest BCUT2D eigenvalue weighted by Crippen LogP contribution is -2.33. The van der Waals surface area contributed by atoms with E-state index in [1.165, 1.54) is 12.8 Å². The molecule has 0 radical (unpaired) electrons. The first-order chi connectivity index (χ1) is 7.10. The standard InChI is InChI=1S/C11H23NO2S/c1-3-10(4-2)8-12-9-11-6-5-7-15(11,13)14/h10-12H,3-9H2,1-2H3/t11-/m0/s1. The van der Waals surface area contributed by atoms with Crippen LogP contribution in [0.1, 0.15) is 39.5 Å². The summed E-state index contributed by atoms with van der Waals surface area (Å²) in [5, 5.41) is 3.19. The largest absolute Gasteiger partial charge is 0.315 e. The van der Waals surface area contributed by atoms with Gasteiger partial charge in [-0.1, -0.05) is 26.7 Å². The summed E-state index contributed by atoms with van der Waals surface area (Å²) in [6.45, 7) is 5.97. The van der Waals surface area contributed by atoms with Gasteiger partial charge in [-0.3, -0.25) is 0 Å². The topological polar surface area (TPSA) is 46.2 Å². The molecule has 1 heterocycles. The third-order valence-electron chi connectivity index (χ3n) is 3.42. The second-order valence-corrected chi connectivity index (χ2v) is 6.87. The average molecular weight is 233 g/mol. The number of sulfone groups is 1. The summed E-state index contributed by atoms with van der Waals surface area (Å²) in [5.74, 6) is 1.08. The quantitative estimate of drug-likeness (QED) is 0.758. The highest BCUT2D eigenvalue weighted by atomic mass is 32.2. The van der Waals surface area contributed by atoms with Gasteiger partial charge in [0.05, 0.1) is 11.0 Å². The third-order valence-corrected chi connectivity index (χ3v) is 5.70. The van der Waals surface area contributed by atoms with E-state index < -0.39 is 9.84 Å². The minimum atomic E-state index is -2.76. The van der Waals surface area contributed by atoms with E-state index in [2.05, 4.69) is 19.2 Å². The zero-order valence-corrected chi connectivity index (χ0v) is 10.6. The molecule has 0 unspecified atom stereocenters. The Balaban J connectivity index is 2.26. The molecule has 15 heavy (non-hydrogen) atoms. The Morgan fingerprint density at radius 1 is 1.33 bits per heavy atom. The van der Waals surface area contributed by atoms with Gasteiger partial charge in [0.25, 0.3) is 0 Å². The fraction of sp³-hybridized carbons (Fsp3) is 1.00. The maximum absolute atomic E-state index is 11.5. The second-order valence-electron chi connectivity index (χ2n) is 4.47. The molecule has 0 aromatic rings. The smallest absolute Gasteiger partial charge is 0.154 e. The van der Waals surface area contributed by atoms with Crippen LogP contribution in [0, 0.1) is 5.92 Å². The molecule has 1 N–H and O–H groups in total. The Hall–Kier alpha value is -0.0900. The van der Waals surface area contributed by atoms with Crippen molar-refractivity contribution in [3.63, 3.8) is 0 Å². The van der Waals surface area contributed by atoms with E-state index in [0.717, 1.165) is 19.4 Å². The van der Waals surface area contributed by atoms with Crippen LogP contribution in [-0.4, -0.2) is 32.5 Å². The SMILES string of the molecule is CCC(CC)CNC[C@@H]1CCCS1(=O)=O. The van der Waals surface area contributed by atoms with Gasteiger partial charge in [-0.15, -0.1) is 0 Å². The number of hydrogen-bond donors (Lipinski definition) is 1.